The lowest BCUT2D eigenvalue weighted by molar-refractivity contribution is 0.0229. The number of hydrogen-bond acceptors (Lipinski definition) is 7. The molecule has 0 radical (unpaired) electrons. The van der Waals surface area contributed by atoms with E-state index >= 15 is 0 Å². The summed E-state index contributed by atoms with van der Waals surface area (Å²) in [4.78, 5) is 32.6. The Morgan fingerprint density at radius 1 is 1.00 bits per heavy atom. The quantitative estimate of drug-likeness (QED) is 0.277. The number of hydrogen-bond donors (Lipinski definition) is 3. The first-order valence-corrected chi connectivity index (χ1v) is 15.7. The van der Waals surface area contributed by atoms with Gasteiger partial charge >= 0.3 is 6.09 Å². The summed E-state index contributed by atoms with van der Waals surface area (Å²) in [5, 5.41) is 18.1. The number of fused-ring (bicyclic) bond motifs is 4. The summed E-state index contributed by atoms with van der Waals surface area (Å²) in [6.45, 7) is 16.9. The lowest BCUT2D eigenvalue weighted by atomic mass is 10.1. The van der Waals surface area contributed by atoms with Crippen LogP contribution >= 0.6 is 15.9 Å². The number of H-pyrrole nitrogens is 1. The molecule has 6 rings (SSSR count). The van der Waals surface area contributed by atoms with Crippen molar-refractivity contribution in [3.63, 3.8) is 0 Å². The number of aromatic amines is 1. The molecule has 4 heterocycles. The third-order valence-electron chi connectivity index (χ3n) is 7.69. The molecule has 2 aliphatic rings. The number of nitrogens with one attached hydrogen (secondary N) is 3. The molecule has 2 saturated heterocycles. The molecule has 43 heavy (non-hydrogen) atoms. The van der Waals surface area contributed by atoms with E-state index in [1.165, 1.54) is 0 Å². The average Bonchev–Trinajstić information content (AvgIpc) is 3.36. The highest BCUT2D eigenvalue weighted by atomic mass is 79.9. The maximum absolute atomic E-state index is 13.6. The zero-order chi connectivity index (χ0) is 30.9. The van der Waals surface area contributed by atoms with Gasteiger partial charge in [0.2, 0.25) is 0 Å². The minimum atomic E-state index is -0.387. The summed E-state index contributed by atoms with van der Waals surface area (Å²) in [5.74, 6) is 0. The van der Waals surface area contributed by atoms with Gasteiger partial charge in [-0.05, 0) is 74.8 Å². The number of anilines is 1. The van der Waals surface area contributed by atoms with Crippen LogP contribution in [0, 0.1) is 11.3 Å². The van der Waals surface area contributed by atoms with E-state index in [1.807, 2.05) is 39.0 Å². The SMILES string of the molecule is CC(C)(C)OC(=O)N1CCNCC1.CC(C)n1c2cc(N3CCNCC3)c(Br)cc2c(=O)c2c3ccc(C#N)cc3[nH]c21. The Morgan fingerprint density at radius 2 is 1.65 bits per heavy atom. The number of benzene rings is 2. The smallest absolute Gasteiger partial charge is 0.410 e. The van der Waals surface area contributed by atoms with E-state index in [1.54, 1.807) is 11.0 Å². The molecule has 0 unspecified atom stereocenters. The number of amides is 1. The molecule has 3 N–H and O–H groups in total. The van der Waals surface area contributed by atoms with Crippen LogP contribution in [-0.2, 0) is 4.74 Å². The van der Waals surface area contributed by atoms with Gasteiger partial charge in [-0.2, -0.15) is 5.26 Å². The molecule has 0 aliphatic carbocycles. The van der Waals surface area contributed by atoms with Crippen molar-refractivity contribution in [2.45, 2.75) is 46.3 Å². The van der Waals surface area contributed by atoms with E-state index in [-0.39, 0.29) is 23.2 Å². The lowest BCUT2D eigenvalue weighted by Crippen LogP contribution is -2.48. The number of pyridine rings is 1. The summed E-state index contributed by atoms with van der Waals surface area (Å²) in [7, 11) is 0. The number of nitrogens with zero attached hydrogens (tertiary/aromatic N) is 4. The van der Waals surface area contributed by atoms with E-state index in [2.05, 4.69) is 67.0 Å². The Bertz CT molecular complexity index is 1750. The van der Waals surface area contributed by atoms with Gasteiger partial charge in [0.15, 0.2) is 5.43 Å². The standard InChI is InChI=1S/C23H22BrN5O.C9H18N2O2/c1-13(2)29-19-11-20(28-7-5-26-6-8-28)17(24)10-16(19)22(30)21-15-4-3-14(12-25)9-18(15)27-23(21)29;1-9(2,3)13-8(12)11-6-4-10-5-7-11/h3-4,9-11,13,26-27H,5-8H2,1-2H3;10H,4-7H2,1-3H3. The summed E-state index contributed by atoms with van der Waals surface area (Å²) in [6, 6.07) is 11.9. The van der Waals surface area contributed by atoms with Gasteiger partial charge in [0.1, 0.15) is 11.2 Å². The first kappa shape index (κ1) is 30.9. The summed E-state index contributed by atoms with van der Waals surface area (Å²) in [5.41, 5.74) is 3.85. The fraction of sp³-hybridized carbons (Fsp3) is 0.469. The first-order valence-electron chi connectivity index (χ1n) is 14.9. The fourth-order valence-corrected chi connectivity index (χ4v) is 6.30. The van der Waals surface area contributed by atoms with Crippen LogP contribution in [0.15, 0.2) is 39.6 Å². The Hall–Kier alpha value is -3.59. The van der Waals surface area contributed by atoms with E-state index in [0.29, 0.717) is 16.3 Å². The molecular formula is C32H40BrN7O3. The van der Waals surface area contributed by atoms with Gasteiger partial charge in [-0.1, -0.05) is 6.07 Å². The highest BCUT2D eigenvalue weighted by Gasteiger charge is 2.23. The number of carbonyl (C=O) groups is 1. The van der Waals surface area contributed by atoms with Crippen molar-refractivity contribution in [3.05, 3.63) is 50.6 Å². The van der Waals surface area contributed by atoms with Gasteiger partial charge in [-0.25, -0.2) is 4.79 Å². The van der Waals surface area contributed by atoms with Gasteiger partial charge in [-0.15, -0.1) is 0 Å². The van der Waals surface area contributed by atoms with E-state index < -0.39 is 0 Å². The Kier molecular flexibility index (Phi) is 9.02. The van der Waals surface area contributed by atoms with Gasteiger partial charge in [0.05, 0.1) is 28.2 Å². The van der Waals surface area contributed by atoms with Crippen molar-refractivity contribution in [3.8, 4) is 6.07 Å². The predicted molar refractivity (Wildman–Crippen MR) is 176 cm³/mol. The third-order valence-corrected chi connectivity index (χ3v) is 8.32. The van der Waals surface area contributed by atoms with Crippen LogP contribution < -0.4 is 21.0 Å². The first-order chi connectivity index (χ1) is 20.5. The second-order valence-corrected chi connectivity index (χ2v) is 13.1. The van der Waals surface area contributed by atoms with Crippen LogP contribution in [-0.4, -0.2) is 78.5 Å². The second kappa shape index (κ2) is 12.6. The lowest BCUT2D eigenvalue weighted by Gasteiger charge is -2.31. The normalized spacial score (nSPS) is 16.0. The molecule has 2 aliphatic heterocycles. The Morgan fingerprint density at radius 3 is 2.26 bits per heavy atom. The number of rotatable bonds is 2. The Balaban J connectivity index is 0.000000239. The van der Waals surface area contributed by atoms with Crippen LogP contribution in [0.4, 0.5) is 10.5 Å². The number of piperazine rings is 2. The molecule has 11 heteroatoms. The largest absolute Gasteiger partial charge is 0.444 e. The highest BCUT2D eigenvalue weighted by Crippen LogP contribution is 2.35. The third kappa shape index (κ3) is 6.51. The maximum Gasteiger partial charge on any atom is 0.410 e. The van der Waals surface area contributed by atoms with Gasteiger partial charge < -0.3 is 34.7 Å². The molecule has 2 aromatic carbocycles. The minimum Gasteiger partial charge on any atom is -0.444 e. The molecule has 228 valence electrons. The summed E-state index contributed by atoms with van der Waals surface area (Å²) >= 11 is 3.72. The predicted octanol–water partition coefficient (Wildman–Crippen LogP) is 5.09. The van der Waals surface area contributed by atoms with Crippen LogP contribution in [0.3, 0.4) is 0 Å². The second-order valence-electron chi connectivity index (χ2n) is 12.3. The number of nitriles is 1. The molecule has 0 atom stereocenters. The molecule has 0 spiro atoms. The molecule has 10 nitrogen and oxygen atoms in total. The molecule has 0 saturated carbocycles. The number of carbonyl (C=O) groups excluding carboxylic acids is 1. The van der Waals surface area contributed by atoms with Crippen molar-refractivity contribution in [1.82, 2.24) is 25.1 Å². The number of halogens is 1. The molecule has 2 aromatic heterocycles. The summed E-state index contributed by atoms with van der Waals surface area (Å²) in [6.07, 6.45) is -0.200. The molecule has 1 amide bonds. The molecule has 2 fully saturated rings. The zero-order valence-corrected chi connectivity index (χ0v) is 27.1. The van der Waals surface area contributed by atoms with Crippen molar-refractivity contribution >= 4 is 60.5 Å². The number of ether oxygens (including phenoxy) is 1. The van der Waals surface area contributed by atoms with Crippen molar-refractivity contribution in [2.75, 3.05) is 57.3 Å². The molecule has 4 aromatic rings. The topological polar surface area (TPSA) is 118 Å². The number of aromatic nitrogens is 2. The van der Waals surface area contributed by atoms with Gasteiger partial charge in [0.25, 0.3) is 0 Å². The Labute approximate surface area is 260 Å². The minimum absolute atomic E-state index is 0.0143. The fourth-order valence-electron chi connectivity index (χ4n) is 5.71. The highest BCUT2D eigenvalue weighted by molar-refractivity contribution is 9.10. The summed E-state index contributed by atoms with van der Waals surface area (Å²) < 4.78 is 8.38. The van der Waals surface area contributed by atoms with Crippen molar-refractivity contribution in [2.24, 2.45) is 0 Å². The van der Waals surface area contributed by atoms with E-state index in [9.17, 15) is 14.9 Å². The van der Waals surface area contributed by atoms with Crippen LogP contribution in [0.25, 0.3) is 32.8 Å². The maximum atomic E-state index is 13.6. The van der Waals surface area contributed by atoms with Gasteiger partial charge in [-0.3, -0.25) is 4.79 Å². The van der Waals surface area contributed by atoms with E-state index in [0.717, 1.165) is 84.6 Å². The van der Waals surface area contributed by atoms with Gasteiger partial charge in [0, 0.05) is 79.2 Å². The average molecular weight is 651 g/mol. The molecular weight excluding hydrogens is 610 g/mol. The van der Waals surface area contributed by atoms with Crippen LogP contribution in [0.2, 0.25) is 0 Å². The molecule has 0 bridgehead atoms. The van der Waals surface area contributed by atoms with Crippen LogP contribution in [0.1, 0.15) is 46.2 Å². The zero-order valence-electron chi connectivity index (χ0n) is 25.5. The van der Waals surface area contributed by atoms with E-state index in [4.69, 9.17) is 4.74 Å². The monoisotopic (exact) mass is 649 g/mol. The van der Waals surface area contributed by atoms with Crippen molar-refractivity contribution < 1.29 is 9.53 Å². The van der Waals surface area contributed by atoms with Crippen LogP contribution in [0.5, 0.6) is 0 Å². The van der Waals surface area contributed by atoms with Crippen molar-refractivity contribution in [1.29, 1.82) is 5.26 Å².